The van der Waals surface area contributed by atoms with Gasteiger partial charge in [0, 0.05) is 6.54 Å². The van der Waals surface area contributed by atoms with E-state index in [-0.39, 0.29) is 6.54 Å². The quantitative estimate of drug-likeness (QED) is 0.771. The number of rotatable bonds is 6. The van der Waals surface area contributed by atoms with Gasteiger partial charge in [-0.2, -0.15) is 13.2 Å². The van der Waals surface area contributed by atoms with Gasteiger partial charge < -0.3 is 10.6 Å². The number of nitrogens with two attached hydrogens (primary N) is 1. The zero-order chi connectivity index (χ0) is 12.8. The van der Waals surface area contributed by atoms with Crippen molar-refractivity contribution in [2.75, 3.05) is 13.1 Å². The lowest BCUT2D eigenvalue weighted by Gasteiger charge is -2.26. The van der Waals surface area contributed by atoms with Crippen LogP contribution in [0.2, 0.25) is 0 Å². The molecular weight excluding hydrogens is 221 g/mol. The largest absolute Gasteiger partial charge is 0.406 e. The Morgan fingerprint density at radius 3 is 2.31 bits per heavy atom. The van der Waals surface area contributed by atoms with E-state index in [4.69, 9.17) is 5.73 Å². The summed E-state index contributed by atoms with van der Waals surface area (Å²) in [4.78, 5) is 12.4. The monoisotopic (exact) mass is 240 g/mol. The molecule has 1 atom stereocenters. The van der Waals surface area contributed by atoms with Crippen molar-refractivity contribution in [2.24, 2.45) is 5.73 Å². The highest BCUT2D eigenvalue weighted by atomic mass is 19.4. The molecule has 96 valence electrons. The minimum absolute atomic E-state index is 0.114. The van der Waals surface area contributed by atoms with Crippen molar-refractivity contribution in [1.29, 1.82) is 0 Å². The van der Waals surface area contributed by atoms with Crippen molar-refractivity contribution >= 4 is 5.91 Å². The standard InChI is InChI=1S/C10H19F3N2O/c1-3-5-6-15(7-10(11,12)13)9(16)8(14)4-2/h8H,3-7,14H2,1-2H3/t8-/m1/s1. The van der Waals surface area contributed by atoms with E-state index in [2.05, 4.69) is 0 Å². The van der Waals surface area contributed by atoms with Gasteiger partial charge in [-0.05, 0) is 12.8 Å². The molecule has 0 radical (unpaired) electrons. The van der Waals surface area contributed by atoms with Crippen LogP contribution in [0.4, 0.5) is 13.2 Å². The molecule has 0 unspecified atom stereocenters. The van der Waals surface area contributed by atoms with Gasteiger partial charge >= 0.3 is 6.18 Å². The molecule has 0 aliphatic rings. The fraction of sp³-hybridized carbons (Fsp3) is 0.900. The number of halogens is 3. The molecule has 0 saturated heterocycles. The first-order valence-electron chi connectivity index (χ1n) is 5.43. The van der Waals surface area contributed by atoms with Crippen LogP contribution >= 0.6 is 0 Å². The fourth-order valence-corrected chi connectivity index (χ4v) is 1.24. The van der Waals surface area contributed by atoms with Gasteiger partial charge in [-0.1, -0.05) is 20.3 Å². The molecule has 3 nitrogen and oxygen atoms in total. The molecule has 0 aliphatic heterocycles. The number of carbonyl (C=O) groups is 1. The Morgan fingerprint density at radius 1 is 1.38 bits per heavy atom. The van der Waals surface area contributed by atoms with E-state index in [1.807, 2.05) is 6.92 Å². The summed E-state index contributed by atoms with van der Waals surface area (Å²) in [7, 11) is 0. The van der Waals surface area contributed by atoms with Crippen LogP contribution < -0.4 is 5.73 Å². The Kier molecular flexibility index (Phi) is 6.40. The summed E-state index contributed by atoms with van der Waals surface area (Å²) in [5, 5.41) is 0. The third-order valence-corrected chi connectivity index (χ3v) is 2.22. The maximum absolute atomic E-state index is 12.2. The molecule has 0 bridgehead atoms. The van der Waals surface area contributed by atoms with E-state index in [9.17, 15) is 18.0 Å². The zero-order valence-corrected chi connectivity index (χ0v) is 9.68. The van der Waals surface area contributed by atoms with Gasteiger partial charge in [0.25, 0.3) is 0 Å². The van der Waals surface area contributed by atoms with Gasteiger partial charge in [0.05, 0.1) is 6.04 Å². The number of hydrogen-bond acceptors (Lipinski definition) is 2. The summed E-state index contributed by atoms with van der Waals surface area (Å²) in [6.45, 7) is 2.44. The van der Waals surface area contributed by atoms with Crippen LogP contribution in [0, 0.1) is 0 Å². The minimum Gasteiger partial charge on any atom is -0.332 e. The maximum Gasteiger partial charge on any atom is 0.406 e. The summed E-state index contributed by atoms with van der Waals surface area (Å²) in [6.07, 6.45) is -2.72. The summed E-state index contributed by atoms with van der Waals surface area (Å²) in [6, 6.07) is -0.834. The first kappa shape index (κ1) is 15.2. The molecule has 0 aromatic heterocycles. The topological polar surface area (TPSA) is 46.3 Å². The molecule has 1 amide bonds. The Labute approximate surface area is 93.8 Å². The molecule has 0 heterocycles. The second kappa shape index (κ2) is 6.73. The van der Waals surface area contributed by atoms with Crippen molar-refractivity contribution in [2.45, 2.75) is 45.3 Å². The molecule has 0 rings (SSSR count). The first-order valence-corrected chi connectivity index (χ1v) is 5.43. The van der Waals surface area contributed by atoms with Gasteiger partial charge in [-0.15, -0.1) is 0 Å². The lowest BCUT2D eigenvalue weighted by molar-refractivity contribution is -0.162. The van der Waals surface area contributed by atoms with Gasteiger partial charge in [-0.3, -0.25) is 4.79 Å². The number of amides is 1. The van der Waals surface area contributed by atoms with E-state index in [1.165, 1.54) is 0 Å². The molecule has 0 spiro atoms. The van der Waals surface area contributed by atoms with E-state index in [1.54, 1.807) is 6.92 Å². The van der Waals surface area contributed by atoms with Crippen molar-refractivity contribution in [3.63, 3.8) is 0 Å². The minimum atomic E-state index is -4.36. The van der Waals surface area contributed by atoms with Crippen LogP contribution in [0.5, 0.6) is 0 Å². The predicted molar refractivity (Wildman–Crippen MR) is 55.8 cm³/mol. The summed E-state index contributed by atoms with van der Waals surface area (Å²) >= 11 is 0. The second-order valence-corrected chi connectivity index (χ2v) is 3.74. The molecule has 0 aliphatic carbocycles. The SMILES string of the molecule is CCCCN(CC(F)(F)F)C(=O)[C@H](N)CC. The fourth-order valence-electron chi connectivity index (χ4n) is 1.24. The number of hydrogen-bond donors (Lipinski definition) is 1. The Hall–Kier alpha value is -0.780. The molecule has 2 N–H and O–H groups in total. The smallest absolute Gasteiger partial charge is 0.332 e. The number of nitrogens with zero attached hydrogens (tertiary/aromatic N) is 1. The average Bonchev–Trinajstić information content (AvgIpc) is 2.20. The van der Waals surface area contributed by atoms with E-state index in [0.29, 0.717) is 12.8 Å². The molecule has 6 heteroatoms. The van der Waals surface area contributed by atoms with E-state index in [0.717, 1.165) is 11.3 Å². The third-order valence-electron chi connectivity index (χ3n) is 2.22. The predicted octanol–water partition coefficient (Wildman–Crippen LogP) is 1.91. The van der Waals surface area contributed by atoms with Crippen LogP contribution in [0.15, 0.2) is 0 Å². The summed E-state index contributed by atoms with van der Waals surface area (Å²) in [5.74, 6) is -0.617. The highest BCUT2D eigenvalue weighted by molar-refractivity contribution is 5.81. The van der Waals surface area contributed by atoms with Gasteiger partial charge in [0.15, 0.2) is 0 Å². The van der Waals surface area contributed by atoms with Crippen LogP contribution in [-0.4, -0.2) is 36.1 Å². The highest BCUT2D eigenvalue weighted by Gasteiger charge is 2.33. The Morgan fingerprint density at radius 2 is 1.94 bits per heavy atom. The number of carbonyl (C=O) groups excluding carboxylic acids is 1. The van der Waals surface area contributed by atoms with Crippen LogP contribution in [-0.2, 0) is 4.79 Å². The van der Waals surface area contributed by atoms with Crippen molar-refractivity contribution in [3.05, 3.63) is 0 Å². The van der Waals surface area contributed by atoms with Crippen molar-refractivity contribution in [3.8, 4) is 0 Å². The molecular formula is C10H19F3N2O. The average molecular weight is 240 g/mol. The van der Waals surface area contributed by atoms with Crippen LogP contribution in [0.25, 0.3) is 0 Å². The van der Waals surface area contributed by atoms with Crippen LogP contribution in [0.1, 0.15) is 33.1 Å². The van der Waals surface area contributed by atoms with Crippen molar-refractivity contribution in [1.82, 2.24) is 4.90 Å². The highest BCUT2D eigenvalue weighted by Crippen LogP contribution is 2.17. The van der Waals surface area contributed by atoms with E-state index >= 15 is 0 Å². The van der Waals surface area contributed by atoms with Gasteiger partial charge in [0.2, 0.25) is 5.91 Å². The molecule has 0 aromatic carbocycles. The molecule has 0 fully saturated rings. The summed E-state index contributed by atoms with van der Waals surface area (Å²) in [5.41, 5.74) is 5.45. The second-order valence-electron chi connectivity index (χ2n) is 3.74. The van der Waals surface area contributed by atoms with Gasteiger partial charge in [-0.25, -0.2) is 0 Å². The van der Waals surface area contributed by atoms with Crippen molar-refractivity contribution < 1.29 is 18.0 Å². The van der Waals surface area contributed by atoms with E-state index < -0.39 is 24.7 Å². The number of alkyl halides is 3. The first-order chi connectivity index (χ1) is 7.31. The normalized spacial score (nSPS) is 13.6. The third kappa shape index (κ3) is 5.95. The Balaban J connectivity index is 4.47. The lowest BCUT2D eigenvalue weighted by atomic mass is 10.2. The molecule has 0 saturated carbocycles. The molecule has 0 aromatic rings. The lowest BCUT2D eigenvalue weighted by Crippen LogP contribution is -2.47. The number of unbranched alkanes of at least 4 members (excludes halogenated alkanes) is 1. The van der Waals surface area contributed by atoms with Crippen LogP contribution in [0.3, 0.4) is 0 Å². The Bertz CT molecular complexity index is 219. The zero-order valence-electron chi connectivity index (χ0n) is 9.68. The summed E-state index contributed by atoms with van der Waals surface area (Å²) < 4.78 is 36.7. The van der Waals surface area contributed by atoms with Gasteiger partial charge in [0.1, 0.15) is 6.54 Å². The maximum atomic E-state index is 12.2. The molecule has 16 heavy (non-hydrogen) atoms.